The molecule has 2 N–H and O–H groups in total. The van der Waals surface area contributed by atoms with E-state index >= 15 is 0 Å². The summed E-state index contributed by atoms with van der Waals surface area (Å²) in [4.78, 5) is 8.58. The second kappa shape index (κ2) is 12.1. The van der Waals surface area contributed by atoms with Crippen LogP contribution in [0.1, 0.15) is 0 Å². The monoisotopic (exact) mass is 100.0 g/mol. The van der Waals surface area contributed by atoms with E-state index in [4.69, 9.17) is 4.79 Å². The molecule has 25 valence electrons. The van der Waals surface area contributed by atoms with E-state index in [1.165, 1.54) is 0 Å². The number of amides is 1. The van der Waals surface area contributed by atoms with Crippen molar-refractivity contribution < 1.29 is 21.9 Å². The fraction of sp³-hybridized carbons (Fsp3) is 0. The Labute approximate surface area is 34.8 Å². The summed E-state index contributed by atoms with van der Waals surface area (Å²) in [5.74, 6) is 0. The van der Waals surface area contributed by atoms with Gasteiger partial charge in [-0.15, -0.1) is 0 Å². The molecule has 0 aromatic carbocycles. The summed E-state index contributed by atoms with van der Waals surface area (Å²) in [6, 6.07) is 0. The Morgan fingerprint density at radius 2 is 1.75 bits per heavy atom. The summed E-state index contributed by atoms with van der Waals surface area (Å²) in [5, 5.41) is 0. The second-order valence-corrected chi connectivity index (χ2v) is 0.136. The van der Waals surface area contributed by atoms with Crippen LogP contribution in [0.5, 0.6) is 0 Å². The van der Waals surface area contributed by atoms with Crippen LogP contribution in [0.25, 0.3) is 0 Å². The number of primary amides is 1. The van der Waals surface area contributed by atoms with Gasteiger partial charge >= 0.3 is 0 Å². The summed E-state index contributed by atoms with van der Waals surface area (Å²) in [7, 11) is 0. The SMILES string of the molecule is NC=O.[Mn]. The van der Waals surface area contributed by atoms with Gasteiger partial charge in [-0.25, -0.2) is 0 Å². The van der Waals surface area contributed by atoms with Crippen LogP contribution >= 0.6 is 0 Å². The zero-order valence-electron chi connectivity index (χ0n) is 1.94. The smallest absolute Gasteiger partial charge is 0.204 e. The van der Waals surface area contributed by atoms with Gasteiger partial charge in [0.1, 0.15) is 0 Å². The molecule has 0 unspecified atom stereocenters. The molecule has 0 bridgehead atoms. The molecule has 0 rings (SSSR count). The first-order chi connectivity index (χ1) is 1.41. The fourth-order valence-electron chi connectivity index (χ4n) is 0. The molecule has 0 fully saturated rings. The van der Waals surface area contributed by atoms with Gasteiger partial charge in [-0.2, -0.15) is 0 Å². The average molecular weight is 100.0 g/mol. The maximum absolute atomic E-state index is 8.58. The summed E-state index contributed by atoms with van der Waals surface area (Å²) in [6.07, 6.45) is 0.250. The zero-order valence-corrected chi connectivity index (χ0v) is 3.12. The molecule has 0 spiro atoms. The van der Waals surface area contributed by atoms with E-state index in [2.05, 4.69) is 5.73 Å². The van der Waals surface area contributed by atoms with Gasteiger partial charge in [0.05, 0.1) is 0 Å². The van der Waals surface area contributed by atoms with Crippen molar-refractivity contribution in [2.45, 2.75) is 0 Å². The van der Waals surface area contributed by atoms with Gasteiger partial charge < -0.3 is 5.73 Å². The van der Waals surface area contributed by atoms with Crippen LogP contribution in [-0.4, -0.2) is 6.41 Å². The van der Waals surface area contributed by atoms with E-state index in [1.54, 1.807) is 0 Å². The van der Waals surface area contributed by atoms with Crippen molar-refractivity contribution in [3.63, 3.8) is 0 Å². The molecule has 0 atom stereocenters. The van der Waals surface area contributed by atoms with Crippen LogP contribution in [0, 0.1) is 0 Å². The molecule has 0 aromatic rings. The first-order valence-corrected chi connectivity index (χ1v) is 0.569. The van der Waals surface area contributed by atoms with E-state index in [-0.39, 0.29) is 23.5 Å². The third-order valence-electron chi connectivity index (χ3n) is 0. The molecular weight excluding hydrogens is 97.0 g/mol. The van der Waals surface area contributed by atoms with Gasteiger partial charge in [-0.05, 0) is 0 Å². The van der Waals surface area contributed by atoms with Gasteiger partial charge in [0, 0.05) is 17.1 Å². The van der Waals surface area contributed by atoms with Crippen molar-refractivity contribution in [1.29, 1.82) is 0 Å². The fourth-order valence-corrected chi connectivity index (χ4v) is 0. The largest absolute Gasteiger partial charge is 0.372 e. The Kier molecular flexibility index (Phi) is 27.2. The maximum atomic E-state index is 8.58. The first kappa shape index (κ1) is 9.01. The minimum atomic E-state index is 0. The molecular formula is CH3MnNO. The van der Waals surface area contributed by atoms with Crippen molar-refractivity contribution in [3.05, 3.63) is 0 Å². The van der Waals surface area contributed by atoms with Crippen LogP contribution in [0.2, 0.25) is 0 Å². The van der Waals surface area contributed by atoms with E-state index in [0.29, 0.717) is 0 Å². The van der Waals surface area contributed by atoms with E-state index < -0.39 is 0 Å². The van der Waals surface area contributed by atoms with Crippen molar-refractivity contribution >= 4 is 6.41 Å². The Balaban J connectivity index is 0. The number of hydrogen-bond donors (Lipinski definition) is 1. The second-order valence-electron chi connectivity index (χ2n) is 0.136. The molecule has 2 nitrogen and oxygen atoms in total. The average Bonchev–Trinajstić information content (AvgIpc) is 0.918. The Morgan fingerprint density at radius 3 is 1.75 bits per heavy atom. The van der Waals surface area contributed by atoms with Gasteiger partial charge in [0.2, 0.25) is 6.41 Å². The Morgan fingerprint density at radius 1 is 1.75 bits per heavy atom. The van der Waals surface area contributed by atoms with Crippen molar-refractivity contribution in [1.82, 2.24) is 0 Å². The molecule has 0 saturated carbocycles. The zero-order chi connectivity index (χ0) is 2.71. The third kappa shape index (κ3) is 17600. The molecule has 1 radical (unpaired) electrons. The van der Waals surface area contributed by atoms with Gasteiger partial charge in [-0.1, -0.05) is 0 Å². The van der Waals surface area contributed by atoms with E-state index in [0.717, 1.165) is 0 Å². The quantitative estimate of drug-likeness (QED) is 0.311. The molecule has 0 aliphatic carbocycles. The number of nitrogens with two attached hydrogens (primary N) is 1. The van der Waals surface area contributed by atoms with E-state index in [1.807, 2.05) is 0 Å². The van der Waals surface area contributed by atoms with Crippen LogP contribution < -0.4 is 5.73 Å². The van der Waals surface area contributed by atoms with Crippen LogP contribution in [0.4, 0.5) is 0 Å². The number of hydrogen-bond acceptors (Lipinski definition) is 1. The third-order valence-corrected chi connectivity index (χ3v) is 0. The maximum Gasteiger partial charge on any atom is 0.204 e. The van der Waals surface area contributed by atoms with Gasteiger partial charge in [0.15, 0.2) is 0 Å². The first-order valence-electron chi connectivity index (χ1n) is 0.569. The Hall–Kier alpha value is -0.0105. The van der Waals surface area contributed by atoms with Gasteiger partial charge in [-0.3, -0.25) is 4.79 Å². The summed E-state index contributed by atoms with van der Waals surface area (Å²) in [6.45, 7) is 0. The summed E-state index contributed by atoms with van der Waals surface area (Å²) < 4.78 is 0. The predicted octanol–water partition coefficient (Wildman–Crippen LogP) is -0.901. The number of carbonyl (C=O) groups excluding carboxylic acids is 1. The van der Waals surface area contributed by atoms with E-state index in [9.17, 15) is 0 Å². The minimum Gasteiger partial charge on any atom is -0.372 e. The molecule has 0 heterocycles. The molecule has 1 amide bonds. The van der Waals surface area contributed by atoms with Crippen molar-refractivity contribution in [2.75, 3.05) is 0 Å². The number of carbonyl (C=O) groups is 1. The topological polar surface area (TPSA) is 43.1 Å². The van der Waals surface area contributed by atoms with Crippen molar-refractivity contribution in [3.8, 4) is 0 Å². The number of rotatable bonds is 0. The van der Waals surface area contributed by atoms with Crippen LogP contribution in [0.3, 0.4) is 0 Å². The minimum absolute atomic E-state index is 0. The molecule has 0 aromatic heterocycles. The van der Waals surface area contributed by atoms with Gasteiger partial charge in [0.25, 0.3) is 0 Å². The molecule has 4 heavy (non-hydrogen) atoms. The molecule has 0 saturated heterocycles. The van der Waals surface area contributed by atoms with Crippen LogP contribution in [0.15, 0.2) is 0 Å². The predicted molar refractivity (Wildman–Crippen MR) is 10.3 cm³/mol. The molecule has 3 heteroatoms. The molecule has 0 aliphatic rings. The Bertz CT molecular complexity index is 15.5. The van der Waals surface area contributed by atoms with Crippen LogP contribution in [-0.2, 0) is 21.9 Å². The summed E-state index contributed by atoms with van der Waals surface area (Å²) >= 11 is 0. The summed E-state index contributed by atoms with van der Waals surface area (Å²) in [5.41, 5.74) is 4.17. The normalized spacial score (nSPS) is 3.00. The molecule has 0 aliphatic heterocycles. The van der Waals surface area contributed by atoms with Crippen molar-refractivity contribution in [2.24, 2.45) is 5.73 Å². The standard InChI is InChI=1S/CH3NO.Mn/c2-1-3;/h1H,(H2,2,3);.